The zero-order valence-electron chi connectivity index (χ0n) is 10.1. The zero-order valence-corrected chi connectivity index (χ0v) is 10.1. The number of carbonyl (C=O) groups is 2. The number of hydrogen-bond donors (Lipinski definition) is 2. The highest BCUT2D eigenvalue weighted by Crippen LogP contribution is 1.95. The molecule has 8 nitrogen and oxygen atoms in total. The second kappa shape index (κ2) is 6.69. The lowest BCUT2D eigenvalue weighted by atomic mass is 10.5. The Morgan fingerprint density at radius 3 is 1.70 bits per heavy atom. The molecule has 2 rings (SSSR count). The summed E-state index contributed by atoms with van der Waals surface area (Å²) in [6, 6.07) is 6.62. The molecule has 20 heavy (non-hydrogen) atoms. The Hall–Kier alpha value is -3.16. The normalized spacial score (nSPS) is 11.0. The van der Waals surface area contributed by atoms with Crippen LogP contribution in [0.1, 0.15) is 11.5 Å². The van der Waals surface area contributed by atoms with Crippen LogP contribution in [0.5, 0.6) is 0 Å². The van der Waals surface area contributed by atoms with Crippen LogP contribution in [-0.4, -0.2) is 24.2 Å². The monoisotopic (exact) mass is 274 g/mol. The van der Waals surface area contributed by atoms with E-state index in [4.69, 9.17) is 8.83 Å². The number of nitrogens with one attached hydrogen (secondary N) is 2. The number of furan rings is 2. The fraction of sp³-hybridized carbons (Fsp3) is 0. The van der Waals surface area contributed by atoms with E-state index in [1.54, 1.807) is 24.3 Å². The van der Waals surface area contributed by atoms with Crippen LogP contribution in [0, 0.1) is 0 Å². The molecule has 0 spiro atoms. The van der Waals surface area contributed by atoms with E-state index in [1.165, 1.54) is 25.0 Å². The second-order valence-corrected chi connectivity index (χ2v) is 3.43. The number of nitrogens with zero attached hydrogens (tertiary/aromatic N) is 2. The molecule has 0 fully saturated rings. The molecule has 0 unspecified atom stereocenters. The predicted octanol–water partition coefficient (Wildman–Crippen LogP) is 0.473. The Bertz CT molecular complexity index is 558. The molecule has 2 heterocycles. The minimum atomic E-state index is -0.954. The van der Waals surface area contributed by atoms with Gasteiger partial charge in [0.1, 0.15) is 11.5 Å². The first kappa shape index (κ1) is 13.3. The summed E-state index contributed by atoms with van der Waals surface area (Å²) in [5, 5.41) is 7.09. The zero-order chi connectivity index (χ0) is 14.2. The van der Waals surface area contributed by atoms with Crippen LogP contribution >= 0.6 is 0 Å². The van der Waals surface area contributed by atoms with Crippen molar-refractivity contribution in [1.82, 2.24) is 10.9 Å². The van der Waals surface area contributed by atoms with Crippen molar-refractivity contribution in [3.63, 3.8) is 0 Å². The first-order valence-electron chi connectivity index (χ1n) is 5.49. The fourth-order valence-electron chi connectivity index (χ4n) is 1.14. The van der Waals surface area contributed by atoms with E-state index in [-0.39, 0.29) is 0 Å². The number of carbonyl (C=O) groups excluding carboxylic acids is 2. The molecule has 2 N–H and O–H groups in total. The van der Waals surface area contributed by atoms with Crippen LogP contribution in [0.4, 0.5) is 0 Å². The van der Waals surface area contributed by atoms with Crippen molar-refractivity contribution in [2.45, 2.75) is 0 Å². The quantitative estimate of drug-likeness (QED) is 0.480. The van der Waals surface area contributed by atoms with Gasteiger partial charge in [0, 0.05) is 0 Å². The van der Waals surface area contributed by atoms with Crippen molar-refractivity contribution in [1.29, 1.82) is 0 Å². The van der Waals surface area contributed by atoms with Crippen LogP contribution in [0.25, 0.3) is 0 Å². The lowest BCUT2D eigenvalue weighted by Gasteiger charge is -1.96. The highest BCUT2D eigenvalue weighted by molar-refractivity contribution is 6.35. The molecule has 0 bridgehead atoms. The molecule has 102 valence electrons. The Morgan fingerprint density at radius 1 is 0.900 bits per heavy atom. The van der Waals surface area contributed by atoms with E-state index in [0.29, 0.717) is 11.5 Å². The third-order valence-corrected chi connectivity index (χ3v) is 2.01. The van der Waals surface area contributed by atoms with E-state index < -0.39 is 11.8 Å². The lowest BCUT2D eigenvalue weighted by molar-refractivity contribution is -0.139. The van der Waals surface area contributed by atoms with E-state index >= 15 is 0 Å². The van der Waals surface area contributed by atoms with Crippen molar-refractivity contribution >= 4 is 24.2 Å². The van der Waals surface area contributed by atoms with Crippen LogP contribution in [-0.2, 0) is 9.59 Å². The first-order valence-corrected chi connectivity index (χ1v) is 5.49. The molecular formula is C12H10N4O4. The molecule has 0 aliphatic carbocycles. The number of hydrazone groups is 2. The van der Waals surface area contributed by atoms with Gasteiger partial charge >= 0.3 is 11.8 Å². The third-order valence-electron chi connectivity index (χ3n) is 2.01. The summed E-state index contributed by atoms with van der Waals surface area (Å²) >= 11 is 0. The molecule has 2 amide bonds. The van der Waals surface area contributed by atoms with Gasteiger partial charge in [0.15, 0.2) is 0 Å². The van der Waals surface area contributed by atoms with Gasteiger partial charge in [-0.1, -0.05) is 0 Å². The van der Waals surface area contributed by atoms with Gasteiger partial charge in [0.05, 0.1) is 25.0 Å². The van der Waals surface area contributed by atoms with E-state index in [2.05, 4.69) is 10.2 Å². The summed E-state index contributed by atoms with van der Waals surface area (Å²) in [7, 11) is 0. The summed E-state index contributed by atoms with van der Waals surface area (Å²) in [4.78, 5) is 22.6. The van der Waals surface area contributed by atoms with Gasteiger partial charge in [-0.25, -0.2) is 10.9 Å². The number of rotatable bonds is 4. The summed E-state index contributed by atoms with van der Waals surface area (Å²) < 4.78 is 9.89. The molecule has 0 aromatic carbocycles. The van der Waals surface area contributed by atoms with Gasteiger partial charge in [-0.05, 0) is 24.3 Å². The fourth-order valence-corrected chi connectivity index (χ4v) is 1.14. The van der Waals surface area contributed by atoms with Gasteiger partial charge < -0.3 is 8.83 Å². The molecule has 0 saturated heterocycles. The van der Waals surface area contributed by atoms with Crippen molar-refractivity contribution < 1.29 is 18.4 Å². The molecule has 0 saturated carbocycles. The number of amides is 2. The Balaban J connectivity index is 1.76. The second-order valence-electron chi connectivity index (χ2n) is 3.43. The predicted molar refractivity (Wildman–Crippen MR) is 68.9 cm³/mol. The third kappa shape index (κ3) is 3.95. The SMILES string of the molecule is O=C(N/N=C\c1ccco1)C(=O)N/N=C/c1ccco1. The molecular weight excluding hydrogens is 264 g/mol. The van der Waals surface area contributed by atoms with Crippen molar-refractivity contribution in [3.8, 4) is 0 Å². The summed E-state index contributed by atoms with van der Waals surface area (Å²) in [6.07, 6.45) is 5.44. The van der Waals surface area contributed by atoms with Crippen LogP contribution in [0.15, 0.2) is 55.8 Å². The molecule has 8 heteroatoms. The van der Waals surface area contributed by atoms with Crippen molar-refractivity contribution in [2.75, 3.05) is 0 Å². The van der Waals surface area contributed by atoms with E-state index in [9.17, 15) is 9.59 Å². The minimum Gasteiger partial charge on any atom is -0.463 e. The topological polar surface area (TPSA) is 109 Å². The molecule has 0 aliphatic rings. The Kier molecular flexibility index (Phi) is 4.44. The molecule has 0 radical (unpaired) electrons. The molecule has 2 aromatic rings. The van der Waals surface area contributed by atoms with Gasteiger partial charge in [-0.15, -0.1) is 0 Å². The van der Waals surface area contributed by atoms with Crippen LogP contribution in [0.3, 0.4) is 0 Å². The Morgan fingerprint density at radius 2 is 1.35 bits per heavy atom. The summed E-state index contributed by atoms with van der Waals surface area (Å²) in [5.74, 6) is -1.02. The van der Waals surface area contributed by atoms with Crippen molar-refractivity contribution in [3.05, 3.63) is 48.3 Å². The van der Waals surface area contributed by atoms with E-state index in [0.717, 1.165) is 0 Å². The van der Waals surface area contributed by atoms with Gasteiger partial charge in [-0.3, -0.25) is 9.59 Å². The summed E-state index contributed by atoms with van der Waals surface area (Å²) in [6.45, 7) is 0. The molecule has 0 atom stereocenters. The molecule has 2 aromatic heterocycles. The Labute approximate surface area is 113 Å². The van der Waals surface area contributed by atoms with Gasteiger partial charge in [0.25, 0.3) is 0 Å². The van der Waals surface area contributed by atoms with Gasteiger partial charge in [-0.2, -0.15) is 10.2 Å². The minimum absolute atomic E-state index is 0.446. The van der Waals surface area contributed by atoms with Crippen LogP contribution in [0.2, 0.25) is 0 Å². The van der Waals surface area contributed by atoms with Gasteiger partial charge in [0.2, 0.25) is 0 Å². The summed E-state index contributed by atoms with van der Waals surface area (Å²) in [5.41, 5.74) is 4.05. The van der Waals surface area contributed by atoms with Crippen LogP contribution < -0.4 is 10.9 Å². The van der Waals surface area contributed by atoms with Crippen molar-refractivity contribution in [2.24, 2.45) is 10.2 Å². The standard InChI is InChI=1S/C12H10N4O4/c17-11(15-13-7-9-3-1-5-19-9)12(18)16-14-8-10-4-2-6-20-10/h1-8H,(H,15,17)(H,16,18)/b13-7-,14-8+. The maximum Gasteiger partial charge on any atom is 0.331 e. The van der Waals surface area contributed by atoms with E-state index in [1.807, 2.05) is 10.9 Å². The average Bonchev–Trinajstić information content (AvgIpc) is 3.11. The maximum absolute atomic E-state index is 11.3. The maximum atomic E-state index is 11.3. The highest BCUT2D eigenvalue weighted by atomic mass is 16.3. The molecule has 0 aliphatic heterocycles. The number of hydrogen-bond acceptors (Lipinski definition) is 6. The first-order chi connectivity index (χ1) is 9.75. The average molecular weight is 274 g/mol. The lowest BCUT2D eigenvalue weighted by Crippen LogP contribution is -2.35. The highest BCUT2D eigenvalue weighted by Gasteiger charge is 2.11. The largest absolute Gasteiger partial charge is 0.463 e. The smallest absolute Gasteiger partial charge is 0.331 e.